The molecule has 1 saturated heterocycles. The topological polar surface area (TPSA) is 47.1 Å². The third-order valence-electron chi connectivity index (χ3n) is 4.14. The lowest BCUT2D eigenvalue weighted by Crippen LogP contribution is -2.41. The molecule has 2 aromatic heterocycles. The molecule has 0 saturated carbocycles. The van der Waals surface area contributed by atoms with Gasteiger partial charge >= 0.3 is 7.12 Å². The average molecular weight is 320 g/mol. The van der Waals surface area contributed by atoms with Crippen LogP contribution in [0.3, 0.4) is 0 Å². The van der Waals surface area contributed by atoms with E-state index in [1.54, 1.807) is 17.4 Å². The summed E-state index contributed by atoms with van der Waals surface area (Å²) in [5, 5.41) is 8.98. The van der Waals surface area contributed by atoms with Crippen LogP contribution in [0, 0.1) is 0 Å². The number of halogens is 1. The van der Waals surface area contributed by atoms with Gasteiger partial charge in [-0.05, 0) is 51.3 Å². The smallest absolute Gasteiger partial charge is 0.398 e. The van der Waals surface area contributed by atoms with Gasteiger partial charge in [-0.2, -0.15) is 5.10 Å². The van der Waals surface area contributed by atoms with Gasteiger partial charge in [0.15, 0.2) is 0 Å². The fraction of sp³-hybridized carbons (Fsp3) is 0.400. The van der Waals surface area contributed by atoms with E-state index in [9.17, 15) is 4.39 Å². The number of thiophene rings is 1. The molecule has 0 spiro atoms. The molecule has 22 heavy (non-hydrogen) atoms. The van der Waals surface area contributed by atoms with Crippen molar-refractivity contribution in [2.24, 2.45) is 0 Å². The Morgan fingerprint density at radius 2 is 2.00 bits per heavy atom. The lowest BCUT2D eigenvalue weighted by molar-refractivity contribution is 0.00578. The zero-order valence-corrected chi connectivity index (χ0v) is 13.8. The Kier molecular flexibility index (Phi) is 3.75. The Bertz CT molecular complexity index is 678. The van der Waals surface area contributed by atoms with Gasteiger partial charge in [-0.1, -0.05) is 6.07 Å². The minimum Gasteiger partial charge on any atom is -0.398 e. The molecule has 116 valence electrons. The average Bonchev–Trinajstić information content (AvgIpc) is 3.09. The van der Waals surface area contributed by atoms with Crippen LogP contribution in [0.5, 0.6) is 0 Å². The highest BCUT2D eigenvalue weighted by molar-refractivity contribution is 7.13. The number of hydrogen-bond donors (Lipinski definition) is 1. The Morgan fingerprint density at radius 3 is 2.59 bits per heavy atom. The second kappa shape index (κ2) is 5.33. The highest BCUT2D eigenvalue weighted by atomic mass is 32.1. The Balaban J connectivity index is 1.79. The maximum Gasteiger partial charge on any atom is 0.525 e. The van der Waals surface area contributed by atoms with Crippen molar-refractivity contribution in [1.29, 1.82) is 0 Å². The third-order valence-corrected chi connectivity index (χ3v) is 5.04. The van der Waals surface area contributed by atoms with Crippen LogP contribution in [0.15, 0.2) is 29.3 Å². The van der Waals surface area contributed by atoms with E-state index in [1.807, 2.05) is 45.2 Å². The molecule has 7 heteroatoms. The molecular formula is C15H18BFN2O2S. The molecule has 0 atom stereocenters. The minimum atomic E-state index is -0.988. The van der Waals surface area contributed by atoms with E-state index in [0.717, 1.165) is 10.6 Å². The first kappa shape index (κ1) is 15.5. The summed E-state index contributed by atoms with van der Waals surface area (Å²) in [5.41, 5.74) is -0.212. The molecule has 3 rings (SSSR count). The fourth-order valence-electron chi connectivity index (χ4n) is 2.13. The molecule has 0 radical (unpaired) electrons. The van der Waals surface area contributed by atoms with Crippen molar-refractivity contribution >= 4 is 24.5 Å². The second-order valence-electron chi connectivity index (χ2n) is 6.30. The van der Waals surface area contributed by atoms with E-state index >= 15 is 0 Å². The van der Waals surface area contributed by atoms with Crippen LogP contribution in [-0.2, 0) is 9.31 Å². The van der Waals surface area contributed by atoms with E-state index in [1.165, 1.54) is 6.08 Å². The number of aromatic nitrogens is 2. The molecule has 0 unspecified atom stereocenters. The van der Waals surface area contributed by atoms with Crippen LogP contribution in [0.25, 0.3) is 16.6 Å². The van der Waals surface area contributed by atoms with Crippen LogP contribution < -0.4 is 0 Å². The molecule has 1 N–H and O–H groups in total. The quantitative estimate of drug-likeness (QED) is 0.867. The van der Waals surface area contributed by atoms with Crippen molar-refractivity contribution in [1.82, 2.24) is 10.2 Å². The first-order chi connectivity index (χ1) is 10.3. The lowest BCUT2D eigenvalue weighted by Gasteiger charge is -2.32. The largest absolute Gasteiger partial charge is 0.525 e. The molecule has 4 nitrogen and oxygen atoms in total. The van der Waals surface area contributed by atoms with Crippen LogP contribution in [-0.4, -0.2) is 28.5 Å². The summed E-state index contributed by atoms with van der Waals surface area (Å²) in [7, 11) is -0.988. The summed E-state index contributed by atoms with van der Waals surface area (Å²) in [6, 6.07) is 5.73. The SMILES string of the molecule is CC1(C)OB(C(F)=Cc2cc(-c3cccs3)n[nH]2)OC1(C)C. The molecule has 0 aromatic carbocycles. The highest BCUT2D eigenvalue weighted by Crippen LogP contribution is 2.39. The van der Waals surface area contributed by atoms with Crippen LogP contribution in [0.4, 0.5) is 4.39 Å². The molecule has 1 aliphatic rings. The van der Waals surface area contributed by atoms with Gasteiger partial charge in [0.2, 0.25) is 0 Å². The van der Waals surface area contributed by atoms with E-state index in [-0.39, 0.29) is 0 Å². The van der Waals surface area contributed by atoms with Crippen molar-refractivity contribution in [2.75, 3.05) is 0 Å². The number of hydrogen-bond acceptors (Lipinski definition) is 4. The number of rotatable bonds is 3. The second-order valence-corrected chi connectivity index (χ2v) is 7.25. The summed E-state index contributed by atoms with van der Waals surface area (Å²) < 4.78 is 25.8. The summed E-state index contributed by atoms with van der Waals surface area (Å²) in [5.74, 6) is 0. The normalized spacial score (nSPS) is 20.6. The number of nitrogens with one attached hydrogen (secondary N) is 1. The lowest BCUT2D eigenvalue weighted by atomic mass is 9.87. The zero-order chi connectivity index (χ0) is 16.0. The Hall–Kier alpha value is -1.44. The van der Waals surface area contributed by atoms with Crippen molar-refractivity contribution in [3.05, 3.63) is 35.0 Å². The van der Waals surface area contributed by atoms with E-state index in [2.05, 4.69) is 10.2 Å². The molecule has 1 fully saturated rings. The first-order valence-electron chi connectivity index (χ1n) is 7.10. The van der Waals surface area contributed by atoms with Gasteiger partial charge in [0, 0.05) is 0 Å². The molecule has 3 heterocycles. The minimum absolute atomic E-state index is 0.472. The van der Waals surface area contributed by atoms with Gasteiger partial charge < -0.3 is 9.31 Å². The van der Waals surface area contributed by atoms with Gasteiger partial charge in [-0.15, -0.1) is 11.3 Å². The van der Waals surface area contributed by atoms with Gasteiger partial charge in [-0.3, -0.25) is 5.10 Å². The highest BCUT2D eigenvalue weighted by Gasteiger charge is 2.53. The molecular weight excluding hydrogens is 302 g/mol. The Morgan fingerprint density at radius 1 is 1.32 bits per heavy atom. The van der Waals surface area contributed by atoms with Gasteiger partial charge in [0.25, 0.3) is 0 Å². The molecule has 0 bridgehead atoms. The third kappa shape index (κ3) is 2.76. The molecule has 0 aliphatic carbocycles. The molecule has 2 aromatic rings. The van der Waals surface area contributed by atoms with Crippen molar-refractivity contribution in [3.8, 4) is 10.6 Å². The standard InChI is InChI=1S/C15H18BFN2O2S/c1-14(2)15(3,4)21-16(20-14)13(17)9-10-8-11(19-18-10)12-6-5-7-22-12/h5-9H,1-4H3,(H,18,19). The van der Waals surface area contributed by atoms with Gasteiger partial charge in [0.1, 0.15) is 11.4 Å². The Labute approximate surface area is 133 Å². The first-order valence-corrected chi connectivity index (χ1v) is 7.98. The van der Waals surface area contributed by atoms with Crippen LogP contribution in [0.2, 0.25) is 0 Å². The van der Waals surface area contributed by atoms with Crippen molar-refractivity contribution in [3.63, 3.8) is 0 Å². The summed E-state index contributed by atoms with van der Waals surface area (Å²) in [4.78, 5) is 1.03. The van der Waals surface area contributed by atoms with Crippen LogP contribution >= 0.6 is 11.3 Å². The monoisotopic (exact) mass is 320 g/mol. The zero-order valence-electron chi connectivity index (χ0n) is 13.0. The summed E-state index contributed by atoms with van der Waals surface area (Å²) in [6.45, 7) is 7.58. The van der Waals surface area contributed by atoms with E-state index in [0.29, 0.717) is 5.69 Å². The van der Waals surface area contributed by atoms with Crippen LogP contribution in [0.1, 0.15) is 33.4 Å². The van der Waals surface area contributed by atoms with Crippen molar-refractivity contribution in [2.45, 2.75) is 38.9 Å². The number of aromatic amines is 1. The van der Waals surface area contributed by atoms with Crippen molar-refractivity contribution < 1.29 is 13.7 Å². The maximum atomic E-state index is 14.4. The summed E-state index contributed by atoms with van der Waals surface area (Å²) in [6.07, 6.45) is 1.37. The molecule has 0 amide bonds. The van der Waals surface area contributed by atoms with Gasteiger partial charge in [0.05, 0.1) is 21.8 Å². The number of nitrogens with zero attached hydrogens (tertiary/aromatic N) is 1. The predicted octanol–water partition coefficient (Wildman–Crippen LogP) is 4.08. The maximum absolute atomic E-state index is 14.4. The van der Waals surface area contributed by atoms with E-state index in [4.69, 9.17) is 9.31 Å². The predicted molar refractivity (Wildman–Crippen MR) is 87.1 cm³/mol. The van der Waals surface area contributed by atoms with E-state index < -0.39 is 24.0 Å². The van der Waals surface area contributed by atoms with Gasteiger partial charge in [-0.25, -0.2) is 4.39 Å². The summed E-state index contributed by atoms with van der Waals surface area (Å²) >= 11 is 1.59. The fourth-order valence-corrected chi connectivity index (χ4v) is 2.82. The molecule has 1 aliphatic heterocycles. The number of H-pyrrole nitrogens is 1.